The summed E-state index contributed by atoms with van der Waals surface area (Å²) in [4.78, 5) is 13.2. The Morgan fingerprint density at radius 1 is 1.13 bits per heavy atom. The van der Waals surface area contributed by atoms with Gasteiger partial charge in [-0.3, -0.25) is 4.79 Å². The second kappa shape index (κ2) is 8.70. The van der Waals surface area contributed by atoms with Gasteiger partial charge in [-0.15, -0.1) is 0 Å². The molecule has 0 amide bonds. The molecule has 5 heteroatoms. The van der Waals surface area contributed by atoms with E-state index in [9.17, 15) is 9.90 Å². The first-order valence-electron chi connectivity index (χ1n) is 12.4. The van der Waals surface area contributed by atoms with Gasteiger partial charge in [0.1, 0.15) is 11.9 Å². The first kappa shape index (κ1) is 22.5. The fourth-order valence-electron chi connectivity index (χ4n) is 8.27. The molecular formula is C26H39N3O2. The molecule has 4 saturated carbocycles. The third-order valence-corrected chi connectivity index (χ3v) is 9.68. The van der Waals surface area contributed by atoms with Crippen LogP contribution in [0, 0.1) is 57.7 Å². The lowest BCUT2D eigenvalue weighted by molar-refractivity contribution is -0.132. The average Bonchev–Trinajstić information content (AvgIpc) is 3.10. The molecule has 5 nitrogen and oxygen atoms in total. The van der Waals surface area contributed by atoms with E-state index in [1.807, 2.05) is 13.0 Å². The van der Waals surface area contributed by atoms with Gasteiger partial charge in [0.05, 0.1) is 11.2 Å². The van der Waals surface area contributed by atoms with Gasteiger partial charge in [-0.25, -0.2) is 0 Å². The molecule has 0 heterocycles. The molecule has 0 aromatic carbocycles. The first-order valence-corrected chi connectivity index (χ1v) is 12.4. The van der Waals surface area contributed by atoms with Crippen molar-refractivity contribution in [3.05, 3.63) is 11.8 Å². The standard InChI is InChI=1S/C26H39N3O2/c1-25(31)10-7-19-18(13-25)3-4-21-20(19)8-11-26(2)22(21)5-6-23(26)24(30)9-12-29-16-17(14-27)15-28/h14,16,18-23,27,29,31H,3-13H2,1-2H3/b17-16+,27-14?/t18-,19+,20-,21-,22+,23-,25-,26+/m1/s1. The van der Waals surface area contributed by atoms with Gasteiger partial charge in [0, 0.05) is 31.3 Å². The lowest BCUT2D eigenvalue weighted by Crippen LogP contribution is -2.51. The van der Waals surface area contributed by atoms with Crippen molar-refractivity contribution in [2.45, 2.75) is 83.7 Å². The van der Waals surface area contributed by atoms with Crippen molar-refractivity contribution in [2.75, 3.05) is 6.54 Å². The Labute approximate surface area is 187 Å². The molecule has 3 N–H and O–H groups in total. The third kappa shape index (κ3) is 4.21. The van der Waals surface area contributed by atoms with E-state index in [-0.39, 0.29) is 16.9 Å². The molecular weight excluding hydrogens is 386 g/mol. The minimum absolute atomic E-state index is 0.147. The van der Waals surface area contributed by atoms with Crippen LogP contribution < -0.4 is 5.32 Å². The number of Topliss-reactive ketones (excluding diaryl/α,β-unsaturated/α-hetero) is 1. The number of hydrogen-bond donors (Lipinski definition) is 3. The average molecular weight is 426 g/mol. The van der Waals surface area contributed by atoms with E-state index in [1.54, 1.807) is 0 Å². The van der Waals surface area contributed by atoms with Crippen LogP contribution in [0.15, 0.2) is 11.8 Å². The van der Waals surface area contributed by atoms with Crippen LogP contribution in [0.4, 0.5) is 0 Å². The molecule has 0 aliphatic heterocycles. The number of carbonyl (C=O) groups is 1. The molecule has 4 rings (SSSR count). The fraction of sp³-hybridized carbons (Fsp3) is 0.808. The maximum Gasteiger partial charge on any atom is 0.138 e. The van der Waals surface area contributed by atoms with Crippen molar-refractivity contribution < 1.29 is 9.90 Å². The van der Waals surface area contributed by atoms with Crippen molar-refractivity contribution in [3.63, 3.8) is 0 Å². The van der Waals surface area contributed by atoms with Gasteiger partial charge in [-0.05, 0) is 99.7 Å². The molecule has 0 unspecified atom stereocenters. The molecule has 0 spiro atoms. The van der Waals surface area contributed by atoms with E-state index in [0.717, 1.165) is 43.2 Å². The highest BCUT2D eigenvalue weighted by atomic mass is 16.3. The molecule has 31 heavy (non-hydrogen) atoms. The number of nitrogens with zero attached hydrogens (tertiary/aromatic N) is 1. The first-order chi connectivity index (χ1) is 14.8. The molecule has 0 saturated heterocycles. The van der Waals surface area contributed by atoms with Gasteiger partial charge in [0.15, 0.2) is 0 Å². The second-order valence-electron chi connectivity index (χ2n) is 11.4. The molecule has 0 radical (unpaired) electrons. The largest absolute Gasteiger partial charge is 0.390 e. The maximum atomic E-state index is 13.2. The summed E-state index contributed by atoms with van der Waals surface area (Å²) in [5.41, 5.74) is -0.0373. The van der Waals surface area contributed by atoms with E-state index >= 15 is 0 Å². The van der Waals surface area contributed by atoms with Crippen molar-refractivity contribution >= 4 is 12.0 Å². The lowest BCUT2D eigenvalue weighted by Gasteiger charge is -2.56. The smallest absolute Gasteiger partial charge is 0.138 e. The predicted octanol–water partition coefficient (Wildman–Crippen LogP) is 4.61. The normalized spacial score (nSPS) is 44.4. The number of carbonyl (C=O) groups excluding carboxylic acids is 1. The summed E-state index contributed by atoms with van der Waals surface area (Å²) in [6, 6.07) is 1.95. The molecule has 4 fully saturated rings. The van der Waals surface area contributed by atoms with Gasteiger partial charge in [0.2, 0.25) is 0 Å². The van der Waals surface area contributed by atoms with Crippen molar-refractivity contribution in [2.24, 2.45) is 40.9 Å². The van der Waals surface area contributed by atoms with E-state index in [1.165, 1.54) is 44.7 Å². The number of fused-ring (bicyclic) bond motifs is 5. The molecule has 8 atom stereocenters. The number of allylic oxidation sites excluding steroid dienone is 1. The van der Waals surface area contributed by atoms with Crippen LogP contribution in [-0.2, 0) is 4.79 Å². The predicted molar refractivity (Wildman–Crippen MR) is 121 cm³/mol. The summed E-state index contributed by atoms with van der Waals surface area (Å²) in [6.45, 7) is 4.96. The van der Waals surface area contributed by atoms with Crippen LogP contribution in [0.5, 0.6) is 0 Å². The van der Waals surface area contributed by atoms with E-state index in [0.29, 0.717) is 30.6 Å². The van der Waals surface area contributed by atoms with Crippen LogP contribution in [0.2, 0.25) is 0 Å². The number of hydrogen-bond acceptors (Lipinski definition) is 5. The quantitative estimate of drug-likeness (QED) is 0.329. The Balaban J connectivity index is 1.38. The van der Waals surface area contributed by atoms with Gasteiger partial charge in [-0.1, -0.05) is 6.92 Å². The number of nitrogens with one attached hydrogen (secondary N) is 2. The van der Waals surface area contributed by atoms with E-state index in [4.69, 9.17) is 10.7 Å². The zero-order chi connectivity index (χ0) is 22.2. The summed E-state index contributed by atoms with van der Waals surface area (Å²) in [5, 5.41) is 29.6. The van der Waals surface area contributed by atoms with E-state index < -0.39 is 5.60 Å². The molecule has 4 aliphatic carbocycles. The summed E-state index contributed by atoms with van der Waals surface area (Å²) in [6.07, 6.45) is 13.4. The molecule has 0 aromatic rings. The highest BCUT2D eigenvalue weighted by Gasteiger charge is 2.58. The SMILES string of the molecule is C[C@@]1(O)CC[C@H]2[C@H](CC[C@@H]3[C@@H]2CC[C@]2(C)[C@@H](C(=O)CCN/C=C(/C#N)C=N)CC[C@@H]32)C1. The van der Waals surface area contributed by atoms with Crippen LogP contribution in [-0.4, -0.2) is 29.3 Å². The lowest BCUT2D eigenvalue weighted by atomic mass is 9.49. The Kier molecular flexibility index (Phi) is 6.32. The number of aliphatic hydroxyl groups is 1. The monoisotopic (exact) mass is 425 g/mol. The molecule has 0 bridgehead atoms. The van der Waals surface area contributed by atoms with Crippen LogP contribution in [0.3, 0.4) is 0 Å². The van der Waals surface area contributed by atoms with Crippen LogP contribution in [0.25, 0.3) is 0 Å². The topological polar surface area (TPSA) is 97.0 Å². The zero-order valence-electron chi connectivity index (χ0n) is 19.2. The maximum absolute atomic E-state index is 13.2. The van der Waals surface area contributed by atoms with Gasteiger partial charge < -0.3 is 15.8 Å². The Hall–Kier alpha value is -1.67. The summed E-state index contributed by atoms with van der Waals surface area (Å²) < 4.78 is 0. The number of ketones is 1. The highest BCUT2D eigenvalue weighted by Crippen LogP contribution is 2.64. The van der Waals surface area contributed by atoms with Crippen molar-refractivity contribution in [3.8, 4) is 6.07 Å². The van der Waals surface area contributed by atoms with Gasteiger partial charge >= 0.3 is 0 Å². The van der Waals surface area contributed by atoms with Crippen molar-refractivity contribution in [1.29, 1.82) is 10.7 Å². The molecule has 4 aliphatic rings. The minimum atomic E-state index is -0.460. The Morgan fingerprint density at radius 3 is 2.65 bits per heavy atom. The molecule has 0 aromatic heterocycles. The highest BCUT2D eigenvalue weighted by molar-refractivity contribution is 5.82. The second-order valence-corrected chi connectivity index (χ2v) is 11.4. The van der Waals surface area contributed by atoms with Gasteiger partial charge in [0.25, 0.3) is 0 Å². The third-order valence-electron chi connectivity index (χ3n) is 9.68. The Bertz CT molecular complexity index is 782. The summed E-state index contributed by atoms with van der Waals surface area (Å²) in [7, 11) is 0. The van der Waals surface area contributed by atoms with Gasteiger partial charge in [-0.2, -0.15) is 5.26 Å². The number of rotatable bonds is 6. The Morgan fingerprint density at radius 2 is 1.90 bits per heavy atom. The zero-order valence-corrected chi connectivity index (χ0v) is 19.2. The van der Waals surface area contributed by atoms with Crippen molar-refractivity contribution in [1.82, 2.24) is 5.32 Å². The number of nitriles is 1. The van der Waals surface area contributed by atoms with Crippen LogP contribution in [0.1, 0.15) is 78.1 Å². The van der Waals surface area contributed by atoms with E-state index in [2.05, 4.69) is 12.2 Å². The summed E-state index contributed by atoms with van der Waals surface area (Å²) >= 11 is 0. The fourth-order valence-corrected chi connectivity index (χ4v) is 8.27. The summed E-state index contributed by atoms with van der Waals surface area (Å²) in [5.74, 6) is 4.29. The van der Waals surface area contributed by atoms with Crippen LogP contribution >= 0.6 is 0 Å². The minimum Gasteiger partial charge on any atom is -0.390 e. The molecule has 170 valence electrons.